The number of hydrogen-bond acceptors (Lipinski definition) is 3. The number of rotatable bonds is 11. The molecule has 31 heavy (non-hydrogen) atoms. The largest absolute Gasteiger partial charge is 0.484 e. The number of amides is 2. The zero-order valence-corrected chi connectivity index (χ0v) is 19.5. The van der Waals surface area contributed by atoms with Gasteiger partial charge in [0.25, 0.3) is 5.91 Å². The SMILES string of the molecule is CCCCNC(=O)C(CC)N(Cc1ccccc1C)C(=O)COc1cc(C)cc(C)c1. The van der Waals surface area contributed by atoms with Crippen LogP contribution in [0.25, 0.3) is 0 Å². The highest BCUT2D eigenvalue weighted by atomic mass is 16.5. The Balaban J connectivity index is 2.21. The van der Waals surface area contributed by atoms with E-state index in [2.05, 4.69) is 18.3 Å². The molecule has 0 radical (unpaired) electrons. The lowest BCUT2D eigenvalue weighted by Crippen LogP contribution is -2.50. The molecule has 0 fully saturated rings. The van der Waals surface area contributed by atoms with E-state index in [1.165, 1.54) is 0 Å². The highest BCUT2D eigenvalue weighted by Crippen LogP contribution is 2.18. The first-order valence-electron chi connectivity index (χ1n) is 11.2. The summed E-state index contributed by atoms with van der Waals surface area (Å²) < 4.78 is 5.83. The van der Waals surface area contributed by atoms with Crippen molar-refractivity contribution in [1.29, 1.82) is 0 Å². The lowest BCUT2D eigenvalue weighted by Gasteiger charge is -2.31. The first-order chi connectivity index (χ1) is 14.8. The van der Waals surface area contributed by atoms with Crippen molar-refractivity contribution >= 4 is 11.8 Å². The molecule has 0 aliphatic carbocycles. The molecule has 2 rings (SSSR count). The molecule has 1 N–H and O–H groups in total. The summed E-state index contributed by atoms with van der Waals surface area (Å²) in [4.78, 5) is 27.8. The van der Waals surface area contributed by atoms with E-state index in [0.717, 1.165) is 35.1 Å². The maximum absolute atomic E-state index is 13.3. The molecule has 1 unspecified atom stereocenters. The molecule has 0 bridgehead atoms. The maximum atomic E-state index is 13.3. The van der Waals surface area contributed by atoms with E-state index in [1.807, 2.05) is 64.1 Å². The number of benzene rings is 2. The molecule has 5 nitrogen and oxygen atoms in total. The fraction of sp³-hybridized carbons (Fsp3) is 0.462. The number of nitrogens with zero attached hydrogens (tertiary/aromatic N) is 1. The van der Waals surface area contributed by atoms with E-state index in [1.54, 1.807) is 4.90 Å². The molecule has 0 aliphatic rings. The van der Waals surface area contributed by atoms with Crippen LogP contribution < -0.4 is 10.1 Å². The van der Waals surface area contributed by atoms with E-state index < -0.39 is 6.04 Å². The normalized spacial score (nSPS) is 11.6. The number of unbranched alkanes of at least 4 members (excludes halogenated alkanes) is 1. The minimum absolute atomic E-state index is 0.104. The summed E-state index contributed by atoms with van der Waals surface area (Å²) in [6, 6.07) is 13.3. The summed E-state index contributed by atoms with van der Waals surface area (Å²) in [7, 11) is 0. The molecule has 5 heteroatoms. The number of hydrogen-bond donors (Lipinski definition) is 1. The van der Waals surface area contributed by atoms with Gasteiger partial charge < -0.3 is 15.0 Å². The van der Waals surface area contributed by atoms with Crippen molar-refractivity contribution in [3.63, 3.8) is 0 Å². The summed E-state index contributed by atoms with van der Waals surface area (Å²) >= 11 is 0. The van der Waals surface area contributed by atoms with Gasteiger partial charge in [-0.3, -0.25) is 9.59 Å². The Morgan fingerprint density at radius 2 is 1.71 bits per heavy atom. The van der Waals surface area contributed by atoms with Crippen molar-refractivity contribution in [3.05, 3.63) is 64.7 Å². The Morgan fingerprint density at radius 3 is 2.32 bits per heavy atom. The summed E-state index contributed by atoms with van der Waals surface area (Å²) in [6.07, 6.45) is 2.47. The average Bonchev–Trinajstić information content (AvgIpc) is 2.72. The van der Waals surface area contributed by atoms with Crippen molar-refractivity contribution in [2.75, 3.05) is 13.2 Å². The highest BCUT2D eigenvalue weighted by molar-refractivity contribution is 5.88. The summed E-state index contributed by atoms with van der Waals surface area (Å²) in [5.41, 5.74) is 4.29. The van der Waals surface area contributed by atoms with E-state index in [-0.39, 0.29) is 18.4 Å². The number of nitrogens with one attached hydrogen (secondary N) is 1. The second-order valence-electron chi connectivity index (χ2n) is 8.13. The monoisotopic (exact) mass is 424 g/mol. The van der Waals surface area contributed by atoms with Gasteiger partial charge in [0.1, 0.15) is 11.8 Å². The van der Waals surface area contributed by atoms with Gasteiger partial charge in [0.15, 0.2) is 6.61 Å². The van der Waals surface area contributed by atoms with Crippen molar-refractivity contribution in [3.8, 4) is 5.75 Å². The smallest absolute Gasteiger partial charge is 0.261 e. The van der Waals surface area contributed by atoms with Crippen LogP contribution in [-0.4, -0.2) is 35.9 Å². The number of ether oxygens (including phenoxy) is 1. The molecule has 0 heterocycles. The standard InChI is InChI=1S/C26H36N2O3/c1-6-8-13-27-26(30)24(7-2)28(17-22-12-10-9-11-21(22)5)25(29)18-31-23-15-19(3)14-20(4)16-23/h9-12,14-16,24H,6-8,13,17-18H2,1-5H3,(H,27,30). The number of aryl methyl sites for hydroxylation is 3. The van der Waals surface area contributed by atoms with Crippen LogP contribution in [0.2, 0.25) is 0 Å². The van der Waals surface area contributed by atoms with Gasteiger partial charge in [0.2, 0.25) is 5.91 Å². The Morgan fingerprint density at radius 1 is 1.03 bits per heavy atom. The Bertz CT molecular complexity index is 858. The minimum atomic E-state index is -0.535. The van der Waals surface area contributed by atoms with Crippen LogP contribution >= 0.6 is 0 Å². The van der Waals surface area contributed by atoms with Crippen LogP contribution in [0.1, 0.15) is 55.4 Å². The summed E-state index contributed by atoms with van der Waals surface area (Å²) in [6.45, 7) is 10.9. The maximum Gasteiger partial charge on any atom is 0.261 e. The topological polar surface area (TPSA) is 58.6 Å². The van der Waals surface area contributed by atoms with Crippen LogP contribution in [0.15, 0.2) is 42.5 Å². The van der Waals surface area contributed by atoms with Gasteiger partial charge in [-0.1, -0.05) is 50.6 Å². The fourth-order valence-corrected chi connectivity index (χ4v) is 3.64. The van der Waals surface area contributed by atoms with E-state index in [4.69, 9.17) is 4.74 Å². The molecule has 2 aromatic rings. The molecule has 0 saturated heterocycles. The molecule has 0 saturated carbocycles. The van der Waals surface area contributed by atoms with Crippen LogP contribution in [-0.2, 0) is 16.1 Å². The molecular weight excluding hydrogens is 388 g/mol. The Labute approximate surface area is 186 Å². The predicted octanol–water partition coefficient (Wildman–Crippen LogP) is 4.71. The zero-order valence-electron chi connectivity index (χ0n) is 19.5. The van der Waals surface area contributed by atoms with Gasteiger partial charge in [-0.25, -0.2) is 0 Å². The predicted molar refractivity (Wildman–Crippen MR) is 125 cm³/mol. The van der Waals surface area contributed by atoms with Gasteiger partial charge in [-0.2, -0.15) is 0 Å². The van der Waals surface area contributed by atoms with E-state index in [0.29, 0.717) is 25.3 Å². The van der Waals surface area contributed by atoms with Crippen molar-refractivity contribution in [1.82, 2.24) is 10.2 Å². The van der Waals surface area contributed by atoms with Crippen molar-refractivity contribution in [2.45, 2.75) is 66.5 Å². The Kier molecular flexibility index (Phi) is 9.57. The third kappa shape index (κ3) is 7.42. The van der Waals surface area contributed by atoms with Crippen molar-refractivity contribution < 1.29 is 14.3 Å². The molecule has 0 aromatic heterocycles. The van der Waals surface area contributed by atoms with Gasteiger partial charge in [-0.15, -0.1) is 0 Å². The molecule has 0 aliphatic heterocycles. The fourth-order valence-electron chi connectivity index (χ4n) is 3.64. The third-order valence-corrected chi connectivity index (χ3v) is 5.37. The van der Waals surface area contributed by atoms with Crippen LogP contribution in [0, 0.1) is 20.8 Å². The quantitative estimate of drug-likeness (QED) is 0.531. The lowest BCUT2D eigenvalue weighted by atomic mass is 10.1. The molecule has 0 spiro atoms. The molecule has 2 aromatic carbocycles. The molecule has 2 amide bonds. The number of carbonyl (C=O) groups excluding carboxylic acids is 2. The van der Waals surface area contributed by atoms with Crippen LogP contribution in [0.5, 0.6) is 5.75 Å². The summed E-state index contributed by atoms with van der Waals surface area (Å²) in [5.74, 6) is 0.367. The molecule has 1 atom stereocenters. The first-order valence-corrected chi connectivity index (χ1v) is 11.2. The first kappa shape index (κ1) is 24.4. The lowest BCUT2D eigenvalue weighted by molar-refractivity contribution is -0.143. The number of carbonyl (C=O) groups is 2. The minimum Gasteiger partial charge on any atom is -0.484 e. The van der Waals surface area contributed by atoms with Gasteiger partial charge in [0, 0.05) is 13.1 Å². The molecule has 168 valence electrons. The second-order valence-corrected chi connectivity index (χ2v) is 8.13. The van der Waals surface area contributed by atoms with Crippen LogP contribution in [0.4, 0.5) is 0 Å². The molecular formula is C26H36N2O3. The van der Waals surface area contributed by atoms with E-state index >= 15 is 0 Å². The van der Waals surface area contributed by atoms with Crippen molar-refractivity contribution in [2.24, 2.45) is 0 Å². The average molecular weight is 425 g/mol. The van der Waals surface area contributed by atoms with Gasteiger partial charge >= 0.3 is 0 Å². The van der Waals surface area contributed by atoms with E-state index in [9.17, 15) is 9.59 Å². The summed E-state index contributed by atoms with van der Waals surface area (Å²) in [5, 5.41) is 2.99. The Hall–Kier alpha value is -2.82. The zero-order chi connectivity index (χ0) is 22.8. The van der Waals surface area contributed by atoms with Crippen LogP contribution in [0.3, 0.4) is 0 Å². The highest BCUT2D eigenvalue weighted by Gasteiger charge is 2.29. The third-order valence-electron chi connectivity index (χ3n) is 5.37. The second kappa shape index (κ2) is 12.1. The van der Waals surface area contributed by atoms with Gasteiger partial charge in [0.05, 0.1) is 0 Å². The van der Waals surface area contributed by atoms with Gasteiger partial charge in [-0.05, 0) is 68.0 Å².